The fourth-order valence-electron chi connectivity index (χ4n) is 3.09. The molecule has 7 heteroatoms. The van der Waals surface area contributed by atoms with E-state index < -0.39 is 0 Å². The van der Waals surface area contributed by atoms with Crippen LogP contribution in [-0.4, -0.2) is 44.2 Å². The topological polar surface area (TPSA) is 50.8 Å². The zero-order valence-corrected chi connectivity index (χ0v) is 16.0. The Balaban J connectivity index is 0.00000261. The lowest BCUT2D eigenvalue weighted by molar-refractivity contribution is -0.135. The maximum Gasteiger partial charge on any atom is 0.226 e. The molecule has 5 nitrogen and oxygen atoms in total. The van der Waals surface area contributed by atoms with Gasteiger partial charge in [-0.3, -0.25) is 4.79 Å². The Labute approximate surface area is 164 Å². The first kappa shape index (κ1) is 21.0. The van der Waals surface area contributed by atoms with Crippen LogP contribution in [0.2, 0.25) is 0 Å². The number of carbonyl (C=O) groups is 1. The van der Waals surface area contributed by atoms with E-state index in [1.807, 2.05) is 35.2 Å². The van der Waals surface area contributed by atoms with Crippen molar-refractivity contribution in [2.24, 2.45) is 0 Å². The molecule has 1 heterocycles. The Hall–Kier alpha value is -2.31. The fraction of sp³-hybridized carbons (Fsp3) is 0.350. The lowest BCUT2D eigenvalue weighted by Crippen LogP contribution is -2.49. The lowest BCUT2D eigenvalue weighted by Gasteiger charge is -2.36. The molecule has 1 amide bonds. The maximum atomic E-state index is 13.5. The second-order valence-electron chi connectivity index (χ2n) is 6.14. The molecule has 146 valence electrons. The second kappa shape index (κ2) is 10.1. The Morgan fingerprint density at radius 1 is 1.22 bits per heavy atom. The molecule has 2 aromatic rings. The van der Waals surface area contributed by atoms with Crippen LogP contribution in [0.3, 0.4) is 0 Å². The fourth-order valence-corrected chi connectivity index (χ4v) is 3.09. The number of halogens is 2. The SMILES string of the molecule is COc1ccc(OCCC(=O)N2CCNCC2c2cccc(F)c2)cc1.Cl. The highest BCUT2D eigenvalue weighted by Crippen LogP contribution is 2.24. The van der Waals surface area contributed by atoms with E-state index in [0.29, 0.717) is 25.4 Å². The molecule has 2 aromatic carbocycles. The molecule has 0 saturated carbocycles. The van der Waals surface area contributed by atoms with Crippen molar-refractivity contribution < 1.29 is 18.7 Å². The highest BCUT2D eigenvalue weighted by molar-refractivity contribution is 5.85. The minimum atomic E-state index is -0.289. The van der Waals surface area contributed by atoms with Crippen molar-refractivity contribution in [3.05, 3.63) is 59.9 Å². The number of nitrogens with zero attached hydrogens (tertiary/aromatic N) is 1. The van der Waals surface area contributed by atoms with E-state index >= 15 is 0 Å². The van der Waals surface area contributed by atoms with Gasteiger partial charge in [0.1, 0.15) is 17.3 Å². The minimum absolute atomic E-state index is 0. The molecule has 1 N–H and O–H groups in total. The van der Waals surface area contributed by atoms with Crippen LogP contribution in [0, 0.1) is 5.82 Å². The van der Waals surface area contributed by atoms with Gasteiger partial charge >= 0.3 is 0 Å². The number of benzene rings is 2. The number of carbonyl (C=O) groups excluding carboxylic acids is 1. The van der Waals surface area contributed by atoms with Gasteiger partial charge in [-0.2, -0.15) is 0 Å². The van der Waals surface area contributed by atoms with Gasteiger partial charge in [-0.25, -0.2) is 4.39 Å². The summed E-state index contributed by atoms with van der Waals surface area (Å²) < 4.78 is 24.3. The predicted molar refractivity (Wildman–Crippen MR) is 104 cm³/mol. The molecule has 0 aliphatic carbocycles. The van der Waals surface area contributed by atoms with Crippen molar-refractivity contribution in [1.29, 1.82) is 0 Å². The third-order valence-electron chi connectivity index (χ3n) is 4.44. The first-order chi connectivity index (χ1) is 12.7. The van der Waals surface area contributed by atoms with Crippen molar-refractivity contribution in [2.75, 3.05) is 33.4 Å². The largest absolute Gasteiger partial charge is 0.497 e. The quantitative estimate of drug-likeness (QED) is 0.817. The van der Waals surface area contributed by atoms with Crippen molar-refractivity contribution in [3.63, 3.8) is 0 Å². The van der Waals surface area contributed by atoms with Crippen molar-refractivity contribution in [1.82, 2.24) is 10.2 Å². The highest BCUT2D eigenvalue weighted by Gasteiger charge is 2.27. The summed E-state index contributed by atoms with van der Waals surface area (Å²) in [5, 5.41) is 3.27. The molecule has 1 aliphatic heterocycles. The minimum Gasteiger partial charge on any atom is -0.497 e. The van der Waals surface area contributed by atoms with Crippen LogP contribution >= 0.6 is 12.4 Å². The summed E-state index contributed by atoms with van der Waals surface area (Å²) in [6, 6.07) is 13.5. The molecule has 27 heavy (non-hydrogen) atoms. The number of methoxy groups -OCH3 is 1. The van der Waals surface area contributed by atoms with Gasteiger partial charge in [-0.15, -0.1) is 12.4 Å². The zero-order valence-electron chi connectivity index (χ0n) is 15.2. The molecule has 1 unspecified atom stereocenters. The predicted octanol–water partition coefficient (Wildman–Crippen LogP) is 3.20. The highest BCUT2D eigenvalue weighted by atomic mass is 35.5. The summed E-state index contributed by atoms with van der Waals surface area (Å²) in [6.07, 6.45) is 0.276. The average molecular weight is 395 g/mol. The van der Waals surface area contributed by atoms with Gasteiger partial charge in [0.25, 0.3) is 0 Å². The number of ether oxygens (including phenoxy) is 2. The van der Waals surface area contributed by atoms with Gasteiger partial charge in [0.05, 0.1) is 26.2 Å². The number of piperazine rings is 1. The maximum absolute atomic E-state index is 13.5. The molecule has 1 fully saturated rings. The number of nitrogens with one attached hydrogen (secondary N) is 1. The molecular formula is C20H24ClFN2O3. The molecular weight excluding hydrogens is 371 g/mol. The molecule has 1 atom stereocenters. The van der Waals surface area contributed by atoms with Crippen molar-refractivity contribution >= 4 is 18.3 Å². The van der Waals surface area contributed by atoms with Crippen LogP contribution in [0.1, 0.15) is 18.0 Å². The Morgan fingerprint density at radius 3 is 2.67 bits per heavy atom. The molecule has 0 spiro atoms. The molecule has 0 bridgehead atoms. The van der Waals surface area contributed by atoms with E-state index in [9.17, 15) is 9.18 Å². The Morgan fingerprint density at radius 2 is 1.96 bits per heavy atom. The number of hydrogen-bond acceptors (Lipinski definition) is 4. The summed E-state index contributed by atoms with van der Waals surface area (Å²) in [7, 11) is 1.61. The first-order valence-electron chi connectivity index (χ1n) is 8.70. The second-order valence-corrected chi connectivity index (χ2v) is 6.14. The van der Waals surface area contributed by atoms with Gasteiger partial charge in [0, 0.05) is 19.6 Å². The number of rotatable bonds is 6. The third-order valence-corrected chi connectivity index (χ3v) is 4.44. The summed E-state index contributed by atoms with van der Waals surface area (Å²) >= 11 is 0. The summed E-state index contributed by atoms with van der Waals surface area (Å²) in [5.41, 5.74) is 0.807. The number of amides is 1. The van der Waals surface area contributed by atoms with Crippen molar-refractivity contribution in [2.45, 2.75) is 12.5 Å². The van der Waals surface area contributed by atoms with E-state index in [1.54, 1.807) is 13.2 Å². The zero-order chi connectivity index (χ0) is 18.4. The van der Waals surface area contributed by atoms with Crippen LogP contribution in [-0.2, 0) is 4.79 Å². The van der Waals surface area contributed by atoms with Gasteiger partial charge in [-0.05, 0) is 42.0 Å². The molecule has 1 saturated heterocycles. The average Bonchev–Trinajstić information content (AvgIpc) is 2.68. The Kier molecular flexibility index (Phi) is 7.88. The van der Waals surface area contributed by atoms with Gasteiger partial charge in [0.2, 0.25) is 5.91 Å². The summed E-state index contributed by atoms with van der Waals surface area (Å²) in [5.74, 6) is 1.17. The Bertz CT molecular complexity index is 742. The monoisotopic (exact) mass is 394 g/mol. The summed E-state index contributed by atoms with van der Waals surface area (Å²) in [6.45, 7) is 2.25. The normalized spacial score (nSPS) is 16.4. The molecule has 3 rings (SSSR count). The van der Waals surface area contributed by atoms with Crippen LogP contribution in [0.4, 0.5) is 4.39 Å². The van der Waals surface area contributed by atoms with Crippen LogP contribution in [0.5, 0.6) is 11.5 Å². The van der Waals surface area contributed by atoms with Crippen LogP contribution in [0.15, 0.2) is 48.5 Å². The van der Waals surface area contributed by atoms with Crippen molar-refractivity contribution in [3.8, 4) is 11.5 Å². The van der Waals surface area contributed by atoms with Crippen LogP contribution in [0.25, 0.3) is 0 Å². The van der Waals surface area contributed by atoms with E-state index in [-0.39, 0.29) is 36.6 Å². The number of hydrogen-bond donors (Lipinski definition) is 1. The van der Waals surface area contributed by atoms with E-state index in [0.717, 1.165) is 17.9 Å². The molecule has 0 aromatic heterocycles. The molecule has 0 radical (unpaired) electrons. The smallest absolute Gasteiger partial charge is 0.226 e. The standard InChI is InChI=1S/C20H23FN2O3.ClH/c1-25-17-5-7-18(8-6-17)26-12-9-20(24)23-11-10-22-14-19(23)15-3-2-4-16(21)13-15;/h2-8,13,19,22H,9-12,14H2,1H3;1H. The molecule has 1 aliphatic rings. The third kappa shape index (κ3) is 5.58. The first-order valence-corrected chi connectivity index (χ1v) is 8.70. The van der Waals surface area contributed by atoms with Crippen LogP contribution < -0.4 is 14.8 Å². The van der Waals surface area contributed by atoms with E-state index in [1.165, 1.54) is 12.1 Å². The lowest BCUT2D eigenvalue weighted by atomic mass is 10.0. The van der Waals surface area contributed by atoms with Gasteiger partial charge < -0.3 is 19.7 Å². The van der Waals surface area contributed by atoms with E-state index in [2.05, 4.69) is 5.32 Å². The van der Waals surface area contributed by atoms with E-state index in [4.69, 9.17) is 9.47 Å². The summed E-state index contributed by atoms with van der Waals surface area (Å²) in [4.78, 5) is 14.5. The van der Waals surface area contributed by atoms with Gasteiger partial charge in [-0.1, -0.05) is 12.1 Å². The van der Waals surface area contributed by atoms with Gasteiger partial charge in [0.15, 0.2) is 0 Å².